The summed E-state index contributed by atoms with van der Waals surface area (Å²) in [5.41, 5.74) is 1.60. The Bertz CT molecular complexity index is 945. The first kappa shape index (κ1) is 19.5. The van der Waals surface area contributed by atoms with Gasteiger partial charge in [0.25, 0.3) is 5.91 Å². The van der Waals surface area contributed by atoms with E-state index in [0.717, 1.165) is 17.8 Å². The van der Waals surface area contributed by atoms with Gasteiger partial charge in [0, 0.05) is 32.4 Å². The predicted molar refractivity (Wildman–Crippen MR) is 111 cm³/mol. The van der Waals surface area contributed by atoms with Crippen LogP contribution in [0.15, 0.2) is 59.4 Å². The van der Waals surface area contributed by atoms with Gasteiger partial charge in [0.2, 0.25) is 0 Å². The van der Waals surface area contributed by atoms with E-state index in [0.29, 0.717) is 23.6 Å². The number of nitrogens with zero attached hydrogens (tertiary/aromatic N) is 4. The molecule has 1 aromatic heterocycles. The maximum atomic E-state index is 13.8. The van der Waals surface area contributed by atoms with E-state index in [2.05, 4.69) is 9.98 Å². The summed E-state index contributed by atoms with van der Waals surface area (Å²) in [5, 5.41) is 0. The summed E-state index contributed by atoms with van der Waals surface area (Å²) >= 11 is 0. The molecule has 0 saturated heterocycles. The van der Waals surface area contributed by atoms with Gasteiger partial charge in [-0.05, 0) is 48.4 Å². The zero-order chi connectivity index (χ0) is 20.1. The molecule has 0 atom stereocenters. The topological polar surface area (TPSA) is 48.8 Å². The standard InChI is InChI=1S/C22H23FN4O/c1-4-13-27-21(12-10-17-7-5-6-8-18(17)23)25-19(22(27)28)14-16-9-11-20(24-15-16)26(2)3/h5-12,14-15H,4,13H2,1-3H3/b12-10+,19-14-. The van der Waals surface area contributed by atoms with Crippen LogP contribution in [0.25, 0.3) is 12.2 Å². The number of aromatic nitrogens is 1. The summed E-state index contributed by atoms with van der Waals surface area (Å²) in [7, 11) is 3.84. The van der Waals surface area contributed by atoms with E-state index in [-0.39, 0.29) is 11.7 Å². The Hall–Kier alpha value is -3.28. The molecule has 0 radical (unpaired) electrons. The van der Waals surface area contributed by atoms with Gasteiger partial charge in [-0.25, -0.2) is 14.4 Å². The molecule has 2 aromatic rings. The molecule has 1 aromatic carbocycles. The first-order chi connectivity index (χ1) is 13.5. The van der Waals surface area contributed by atoms with Crippen molar-refractivity contribution in [1.82, 2.24) is 9.88 Å². The molecular weight excluding hydrogens is 355 g/mol. The molecular formula is C22H23FN4O. The second kappa shape index (κ2) is 8.61. The fourth-order valence-corrected chi connectivity index (χ4v) is 2.81. The summed E-state index contributed by atoms with van der Waals surface area (Å²) in [6, 6.07) is 10.3. The Labute approximate surface area is 164 Å². The van der Waals surface area contributed by atoms with Crippen molar-refractivity contribution in [2.75, 3.05) is 25.5 Å². The van der Waals surface area contributed by atoms with Crippen LogP contribution in [0.2, 0.25) is 0 Å². The fourth-order valence-electron chi connectivity index (χ4n) is 2.81. The molecule has 5 nitrogen and oxygen atoms in total. The SMILES string of the molecule is CCCN1C(=O)/C(=C/c2ccc(N(C)C)nc2)N=C1/C=C/c1ccccc1F. The Kier molecular flexibility index (Phi) is 5.99. The zero-order valence-corrected chi connectivity index (χ0v) is 16.3. The molecule has 0 N–H and O–H groups in total. The number of anilines is 1. The summed E-state index contributed by atoms with van der Waals surface area (Å²) in [5.74, 6) is 0.879. The second-order valence-corrected chi connectivity index (χ2v) is 6.66. The first-order valence-corrected chi connectivity index (χ1v) is 9.18. The van der Waals surface area contributed by atoms with Crippen molar-refractivity contribution in [1.29, 1.82) is 0 Å². The largest absolute Gasteiger partial charge is 0.363 e. The van der Waals surface area contributed by atoms with Gasteiger partial charge in [-0.2, -0.15) is 0 Å². The quantitative estimate of drug-likeness (QED) is 0.714. The third-order valence-corrected chi connectivity index (χ3v) is 4.27. The highest BCUT2D eigenvalue weighted by Crippen LogP contribution is 2.21. The van der Waals surface area contributed by atoms with Crippen LogP contribution in [-0.2, 0) is 4.79 Å². The molecule has 0 aliphatic carbocycles. The third kappa shape index (κ3) is 4.34. The van der Waals surface area contributed by atoms with E-state index in [9.17, 15) is 9.18 Å². The maximum Gasteiger partial charge on any atom is 0.278 e. The van der Waals surface area contributed by atoms with E-state index >= 15 is 0 Å². The number of hydrogen-bond donors (Lipinski definition) is 0. The Balaban J connectivity index is 1.89. The number of pyridine rings is 1. The van der Waals surface area contributed by atoms with Crippen LogP contribution >= 0.6 is 0 Å². The molecule has 1 aliphatic rings. The van der Waals surface area contributed by atoms with Crippen molar-refractivity contribution in [3.8, 4) is 0 Å². The van der Waals surface area contributed by atoms with Crippen molar-refractivity contribution >= 4 is 29.7 Å². The third-order valence-electron chi connectivity index (χ3n) is 4.27. The van der Waals surface area contributed by atoms with Gasteiger partial charge in [-0.15, -0.1) is 0 Å². The molecule has 28 heavy (non-hydrogen) atoms. The van der Waals surface area contributed by atoms with Crippen LogP contribution in [0.1, 0.15) is 24.5 Å². The van der Waals surface area contributed by atoms with Crippen molar-refractivity contribution in [3.63, 3.8) is 0 Å². The molecule has 1 aliphatic heterocycles. The highest BCUT2D eigenvalue weighted by molar-refractivity contribution is 6.18. The molecule has 144 valence electrons. The lowest BCUT2D eigenvalue weighted by atomic mass is 10.2. The molecule has 6 heteroatoms. The van der Waals surface area contributed by atoms with Gasteiger partial charge in [0.1, 0.15) is 23.2 Å². The molecule has 3 rings (SSSR count). The summed E-state index contributed by atoms with van der Waals surface area (Å²) in [4.78, 5) is 25.1. The normalized spacial score (nSPS) is 15.6. The van der Waals surface area contributed by atoms with Gasteiger partial charge >= 0.3 is 0 Å². The molecule has 0 spiro atoms. The monoisotopic (exact) mass is 378 g/mol. The van der Waals surface area contributed by atoms with Crippen LogP contribution in [-0.4, -0.2) is 42.3 Å². The lowest BCUT2D eigenvalue weighted by Crippen LogP contribution is -2.31. The Morgan fingerprint density at radius 1 is 1.14 bits per heavy atom. The highest BCUT2D eigenvalue weighted by Gasteiger charge is 2.27. The number of benzene rings is 1. The van der Waals surface area contributed by atoms with Crippen LogP contribution in [0.5, 0.6) is 0 Å². The van der Waals surface area contributed by atoms with E-state index in [1.54, 1.807) is 47.5 Å². The number of hydrogen-bond acceptors (Lipinski definition) is 4. The lowest BCUT2D eigenvalue weighted by molar-refractivity contribution is -0.122. The van der Waals surface area contributed by atoms with E-state index in [1.165, 1.54) is 6.07 Å². The first-order valence-electron chi connectivity index (χ1n) is 9.18. The van der Waals surface area contributed by atoms with Crippen molar-refractivity contribution in [2.45, 2.75) is 13.3 Å². The smallest absolute Gasteiger partial charge is 0.278 e. The molecule has 2 heterocycles. The van der Waals surface area contributed by atoms with Gasteiger partial charge in [-0.3, -0.25) is 9.69 Å². The maximum absolute atomic E-state index is 13.8. The van der Waals surface area contributed by atoms with Crippen molar-refractivity contribution < 1.29 is 9.18 Å². The van der Waals surface area contributed by atoms with Crippen LogP contribution in [0.4, 0.5) is 10.2 Å². The number of aliphatic imine (C=N–C) groups is 1. The average molecular weight is 378 g/mol. The summed E-state index contributed by atoms with van der Waals surface area (Å²) < 4.78 is 13.8. The minimum atomic E-state index is -0.312. The molecule has 1 amide bonds. The number of amides is 1. The van der Waals surface area contributed by atoms with E-state index in [1.807, 2.05) is 38.1 Å². The summed E-state index contributed by atoms with van der Waals surface area (Å²) in [6.07, 6.45) is 7.55. The van der Waals surface area contributed by atoms with Crippen molar-refractivity contribution in [2.24, 2.45) is 4.99 Å². The number of halogens is 1. The van der Waals surface area contributed by atoms with Crippen LogP contribution in [0.3, 0.4) is 0 Å². The number of rotatable bonds is 6. The van der Waals surface area contributed by atoms with Crippen LogP contribution < -0.4 is 4.90 Å². The Morgan fingerprint density at radius 3 is 2.57 bits per heavy atom. The number of carbonyl (C=O) groups excluding carboxylic acids is 1. The number of amidine groups is 1. The van der Waals surface area contributed by atoms with Gasteiger partial charge < -0.3 is 4.90 Å². The highest BCUT2D eigenvalue weighted by atomic mass is 19.1. The molecule has 0 saturated carbocycles. The van der Waals surface area contributed by atoms with Gasteiger partial charge in [0.05, 0.1) is 0 Å². The van der Waals surface area contributed by atoms with E-state index in [4.69, 9.17) is 0 Å². The molecule has 0 fully saturated rings. The average Bonchev–Trinajstić information content (AvgIpc) is 2.97. The molecule has 0 unspecified atom stereocenters. The predicted octanol–water partition coefficient (Wildman–Crippen LogP) is 3.99. The second-order valence-electron chi connectivity index (χ2n) is 6.66. The van der Waals surface area contributed by atoms with Crippen LogP contribution in [0, 0.1) is 5.82 Å². The van der Waals surface area contributed by atoms with Gasteiger partial charge in [-0.1, -0.05) is 25.1 Å². The van der Waals surface area contributed by atoms with Gasteiger partial charge in [0.15, 0.2) is 0 Å². The zero-order valence-electron chi connectivity index (χ0n) is 16.3. The van der Waals surface area contributed by atoms with E-state index < -0.39 is 0 Å². The minimum Gasteiger partial charge on any atom is -0.363 e. The van der Waals surface area contributed by atoms with Crippen molar-refractivity contribution in [3.05, 3.63) is 71.3 Å². The molecule has 0 bridgehead atoms. The Morgan fingerprint density at radius 2 is 1.93 bits per heavy atom. The summed E-state index contributed by atoms with van der Waals surface area (Å²) in [6.45, 7) is 2.55. The minimum absolute atomic E-state index is 0.160. The lowest BCUT2D eigenvalue weighted by Gasteiger charge is -2.14. The fraction of sp³-hybridized carbons (Fsp3) is 0.227. The number of carbonyl (C=O) groups is 1.